The van der Waals surface area contributed by atoms with Crippen LogP contribution in [-0.2, 0) is 0 Å². The SMILES string of the molecule is COc1ccc(C(NN)c2ccc(Cl)c(C)c2)cc1F. The van der Waals surface area contributed by atoms with Crippen molar-refractivity contribution >= 4 is 11.6 Å². The lowest BCUT2D eigenvalue weighted by Crippen LogP contribution is -2.29. The van der Waals surface area contributed by atoms with Crippen LogP contribution in [0.1, 0.15) is 22.7 Å². The Labute approximate surface area is 122 Å². The molecule has 106 valence electrons. The van der Waals surface area contributed by atoms with Crippen LogP contribution in [0.5, 0.6) is 5.75 Å². The van der Waals surface area contributed by atoms with Gasteiger partial charge in [0.25, 0.3) is 0 Å². The van der Waals surface area contributed by atoms with Crippen LogP contribution in [-0.4, -0.2) is 7.11 Å². The first-order valence-corrected chi connectivity index (χ1v) is 6.50. The van der Waals surface area contributed by atoms with Crippen LogP contribution >= 0.6 is 11.6 Å². The Morgan fingerprint density at radius 1 is 1.20 bits per heavy atom. The van der Waals surface area contributed by atoms with Gasteiger partial charge in [0.2, 0.25) is 0 Å². The Balaban J connectivity index is 2.41. The van der Waals surface area contributed by atoms with Gasteiger partial charge in [-0.1, -0.05) is 29.8 Å². The number of hydrogen-bond donors (Lipinski definition) is 2. The van der Waals surface area contributed by atoms with E-state index in [1.165, 1.54) is 13.2 Å². The average molecular weight is 295 g/mol. The van der Waals surface area contributed by atoms with Gasteiger partial charge in [-0.25, -0.2) is 9.82 Å². The summed E-state index contributed by atoms with van der Waals surface area (Å²) in [5.74, 6) is 5.39. The third-order valence-corrected chi connectivity index (χ3v) is 3.62. The first kappa shape index (κ1) is 14.8. The highest BCUT2D eigenvalue weighted by Crippen LogP contribution is 2.28. The third-order valence-electron chi connectivity index (χ3n) is 3.19. The Morgan fingerprint density at radius 3 is 2.40 bits per heavy atom. The van der Waals surface area contributed by atoms with Gasteiger partial charge in [-0.2, -0.15) is 0 Å². The molecular formula is C15H16ClFN2O. The molecule has 1 unspecified atom stereocenters. The monoisotopic (exact) mass is 294 g/mol. The fourth-order valence-corrected chi connectivity index (χ4v) is 2.21. The largest absolute Gasteiger partial charge is 0.494 e. The summed E-state index contributed by atoms with van der Waals surface area (Å²) >= 11 is 6.01. The van der Waals surface area contributed by atoms with Gasteiger partial charge in [0.05, 0.1) is 13.2 Å². The zero-order valence-electron chi connectivity index (χ0n) is 11.3. The Morgan fingerprint density at radius 2 is 1.85 bits per heavy atom. The van der Waals surface area contributed by atoms with Crippen molar-refractivity contribution in [2.45, 2.75) is 13.0 Å². The van der Waals surface area contributed by atoms with Crippen molar-refractivity contribution < 1.29 is 9.13 Å². The number of rotatable bonds is 4. The van der Waals surface area contributed by atoms with Crippen LogP contribution in [0.15, 0.2) is 36.4 Å². The molecule has 0 amide bonds. The van der Waals surface area contributed by atoms with Gasteiger partial charge in [0, 0.05) is 5.02 Å². The van der Waals surface area contributed by atoms with Crippen LogP contribution < -0.4 is 16.0 Å². The molecule has 5 heteroatoms. The maximum Gasteiger partial charge on any atom is 0.165 e. The molecule has 0 aliphatic rings. The van der Waals surface area contributed by atoms with E-state index in [0.717, 1.165) is 11.1 Å². The highest BCUT2D eigenvalue weighted by Gasteiger charge is 2.15. The summed E-state index contributed by atoms with van der Waals surface area (Å²) < 4.78 is 18.7. The van der Waals surface area contributed by atoms with Crippen molar-refractivity contribution in [2.75, 3.05) is 7.11 Å². The van der Waals surface area contributed by atoms with E-state index in [2.05, 4.69) is 5.43 Å². The van der Waals surface area contributed by atoms with Crippen molar-refractivity contribution in [1.82, 2.24) is 5.43 Å². The summed E-state index contributed by atoms with van der Waals surface area (Å²) in [7, 11) is 1.43. The second-order valence-electron chi connectivity index (χ2n) is 4.50. The van der Waals surface area contributed by atoms with E-state index in [0.29, 0.717) is 10.6 Å². The molecule has 0 fully saturated rings. The van der Waals surface area contributed by atoms with Gasteiger partial charge < -0.3 is 4.74 Å². The van der Waals surface area contributed by atoms with E-state index in [1.54, 1.807) is 18.2 Å². The van der Waals surface area contributed by atoms with E-state index in [-0.39, 0.29) is 11.8 Å². The molecule has 20 heavy (non-hydrogen) atoms. The molecule has 3 N–H and O–H groups in total. The van der Waals surface area contributed by atoms with Crippen LogP contribution in [0, 0.1) is 12.7 Å². The van der Waals surface area contributed by atoms with Gasteiger partial charge in [-0.05, 0) is 41.8 Å². The fourth-order valence-electron chi connectivity index (χ4n) is 2.09. The summed E-state index contributed by atoms with van der Waals surface area (Å²) in [5, 5.41) is 0.686. The number of benzene rings is 2. The third kappa shape index (κ3) is 2.93. The van der Waals surface area contributed by atoms with Crippen molar-refractivity contribution in [3.05, 3.63) is 63.9 Å². The molecule has 2 aromatic carbocycles. The number of halogens is 2. The molecule has 2 aromatic rings. The molecule has 0 saturated carbocycles. The number of methoxy groups -OCH3 is 1. The molecule has 0 bridgehead atoms. The molecule has 3 nitrogen and oxygen atoms in total. The number of hydrazine groups is 1. The number of aryl methyl sites for hydroxylation is 1. The highest BCUT2D eigenvalue weighted by molar-refractivity contribution is 6.31. The number of hydrogen-bond acceptors (Lipinski definition) is 3. The topological polar surface area (TPSA) is 47.3 Å². The van der Waals surface area contributed by atoms with E-state index >= 15 is 0 Å². The normalized spacial score (nSPS) is 12.2. The van der Waals surface area contributed by atoms with Crippen molar-refractivity contribution in [3.63, 3.8) is 0 Å². The molecular weight excluding hydrogens is 279 g/mol. The van der Waals surface area contributed by atoms with Crippen molar-refractivity contribution in [3.8, 4) is 5.75 Å². The summed E-state index contributed by atoms with van der Waals surface area (Å²) in [5.41, 5.74) is 5.27. The first-order valence-electron chi connectivity index (χ1n) is 6.12. The molecule has 0 radical (unpaired) electrons. The molecule has 0 aliphatic carbocycles. The number of nitrogens with one attached hydrogen (secondary N) is 1. The lowest BCUT2D eigenvalue weighted by atomic mass is 9.97. The summed E-state index contributed by atoms with van der Waals surface area (Å²) in [4.78, 5) is 0. The maximum atomic E-state index is 13.8. The maximum absolute atomic E-state index is 13.8. The first-order chi connectivity index (χ1) is 9.56. The predicted molar refractivity (Wildman–Crippen MR) is 78.3 cm³/mol. The van der Waals surface area contributed by atoms with Gasteiger partial charge in [-0.15, -0.1) is 0 Å². The molecule has 0 aliphatic heterocycles. The Bertz CT molecular complexity index is 619. The Kier molecular flexibility index (Phi) is 4.60. The van der Waals surface area contributed by atoms with Crippen molar-refractivity contribution in [2.24, 2.45) is 5.84 Å². The molecule has 0 saturated heterocycles. The fraction of sp³-hybridized carbons (Fsp3) is 0.200. The highest BCUT2D eigenvalue weighted by atomic mass is 35.5. The van der Waals surface area contributed by atoms with Gasteiger partial charge in [0.1, 0.15) is 0 Å². The van der Waals surface area contributed by atoms with Crippen LogP contribution in [0.25, 0.3) is 0 Å². The lowest BCUT2D eigenvalue weighted by Gasteiger charge is -2.18. The standard InChI is InChI=1S/C15H16ClFN2O/c1-9-7-10(3-5-12(9)16)15(19-18)11-4-6-14(20-2)13(17)8-11/h3-8,15,19H,18H2,1-2H3. The zero-order valence-corrected chi connectivity index (χ0v) is 12.0. The average Bonchev–Trinajstić information content (AvgIpc) is 2.44. The summed E-state index contributed by atoms with van der Waals surface area (Å²) in [6, 6.07) is 10.0. The minimum absolute atomic E-state index is 0.205. The number of ether oxygens (including phenoxy) is 1. The van der Waals surface area contributed by atoms with Gasteiger partial charge >= 0.3 is 0 Å². The Hall–Kier alpha value is -1.62. The molecule has 2 rings (SSSR count). The van der Waals surface area contributed by atoms with E-state index in [1.807, 2.05) is 19.1 Å². The van der Waals surface area contributed by atoms with Crippen molar-refractivity contribution in [1.29, 1.82) is 0 Å². The molecule has 1 atom stereocenters. The molecule has 0 heterocycles. The van der Waals surface area contributed by atoms with Crippen LogP contribution in [0.4, 0.5) is 4.39 Å². The summed E-state index contributed by atoms with van der Waals surface area (Å²) in [6.07, 6.45) is 0. The minimum Gasteiger partial charge on any atom is -0.494 e. The van der Waals surface area contributed by atoms with E-state index < -0.39 is 5.82 Å². The van der Waals surface area contributed by atoms with Gasteiger partial charge in [-0.3, -0.25) is 5.84 Å². The molecule has 0 aromatic heterocycles. The lowest BCUT2D eigenvalue weighted by molar-refractivity contribution is 0.385. The zero-order chi connectivity index (χ0) is 14.7. The van der Waals surface area contributed by atoms with E-state index in [9.17, 15) is 4.39 Å². The summed E-state index contributed by atoms with van der Waals surface area (Å²) in [6.45, 7) is 1.91. The number of nitrogens with two attached hydrogens (primary N) is 1. The smallest absolute Gasteiger partial charge is 0.165 e. The molecule has 0 spiro atoms. The van der Waals surface area contributed by atoms with E-state index in [4.69, 9.17) is 22.2 Å². The minimum atomic E-state index is -0.420. The van der Waals surface area contributed by atoms with Gasteiger partial charge in [0.15, 0.2) is 11.6 Å². The predicted octanol–water partition coefficient (Wildman–Crippen LogP) is 3.35. The van der Waals surface area contributed by atoms with Crippen LogP contribution in [0.3, 0.4) is 0 Å². The second-order valence-corrected chi connectivity index (χ2v) is 4.91. The quantitative estimate of drug-likeness (QED) is 0.671. The van der Waals surface area contributed by atoms with Crippen LogP contribution in [0.2, 0.25) is 5.02 Å². The second kappa shape index (κ2) is 6.22.